The number of anilines is 1. The van der Waals surface area contributed by atoms with Crippen LogP contribution in [0.3, 0.4) is 0 Å². The summed E-state index contributed by atoms with van der Waals surface area (Å²) in [5, 5.41) is 3.90. The van der Waals surface area contributed by atoms with Crippen molar-refractivity contribution in [2.24, 2.45) is 0 Å². The van der Waals surface area contributed by atoms with Crippen LogP contribution in [0.4, 0.5) is 10.5 Å². The van der Waals surface area contributed by atoms with Crippen LogP contribution in [0.25, 0.3) is 0 Å². The van der Waals surface area contributed by atoms with E-state index >= 15 is 0 Å². The van der Waals surface area contributed by atoms with Crippen LogP contribution in [0.1, 0.15) is 5.56 Å². The number of rotatable bonds is 3. The van der Waals surface area contributed by atoms with Crippen LogP contribution >= 0.6 is 23.2 Å². The van der Waals surface area contributed by atoms with Gasteiger partial charge in [0.1, 0.15) is 6.54 Å². The van der Waals surface area contributed by atoms with E-state index in [9.17, 15) is 4.79 Å². The normalized spacial score (nSPS) is 16.5. The summed E-state index contributed by atoms with van der Waals surface area (Å²) in [6.07, 6.45) is 0. The molecule has 1 fully saturated rings. The van der Waals surface area contributed by atoms with Crippen molar-refractivity contribution in [3.8, 4) is 0 Å². The largest absolute Gasteiger partial charge is 0.322 e. The predicted octanol–water partition coefficient (Wildman–Crippen LogP) is 4.49. The highest BCUT2D eigenvalue weighted by Crippen LogP contribution is 2.23. The molecule has 0 radical (unpaired) electrons. The van der Waals surface area contributed by atoms with Crippen molar-refractivity contribution in [3.05, 3.63) is 64.1 Å². The number of carbonyl (C=O) groups is 1. The molecule has 1 saturated heterocycles. The Balaban J connectivity index is 1.57. The first kappa shape index (κ1) is 18.1. The minimum absolute atomic E-state index is 0.107. The summed E-state index contributed by atoms with van der Waals surface area (Å²) in [5.41, 5.74) is 1.95. The zero-order valence-electron chi connectivity index (χ0n) is 14.2. The fourth-order valence-corrected chi connectivity index (χ4v) is 3.69. The number of hydrogen-bond acceptors (Lipinski definition) is 1. The lowest BCUT2D eigenvalue weighted by Gasteiger charge is -2.42. The van der Waals surface area contributed by atoms with Gasteiger partial charge in [-0.05, 0) is 18.2 Å². The standard InChI is InChI=1S/C19H21Cl2N3O/c1-24(14-15-5-3-2-4-6-15)9-7-23(8-10-24)19(25)22-18-12-16(20)11-17(21)13-18/h2-6,11-13H,7-10,14H2,1H3/p+1. The molecule has 1 N–H and O–H groups in total. The SMILES string of the molecule is C[N+]1(Cc2ccccc2)CCN(C(=O)Nc2cc(Cl)cc(Cl)c2)CC1. The minimum atomic E-state index is -0.107. The van der Waals surface area contributed by atoms with E-state index in [4.69, 9.17) is 23.2 Å². The molecule has 1 heterocycles. The highest BCUT2D eigenvalue weighted by atomic mass is 35.5. The second-order valence-electron chi connectivity index (χ2n) is 6.79. The number of halogens is 2. The Hall–Kier alpha value is -1.75. The first-order valence-electron chi connectivity index (χ1n) is 8.33. The third kappa shape index (κ3) is 4.88. The van der Waals surface area contributed by atoms with Crippen LogP contribution < -0.4 is 5.32 Å². The van der Waals surface area contributed by atoms with Gasteiger partial charge in [-0.1, -0.05) is 53.5 Å². The molecule has 0 bridgehead atoms. The van der Waals surface area contributed by atoms with Gasteiger partial charge in [0, 0.05) is 21.3 Å². The van der Waals surface area contributed by atoms with Crippen molar-refractivity contribution in [3.63, 3.8) is 0 Å². The van der Waals surface area contributed by atoms with Crippen LogP contribution in [0, 0.1) is 0 Å². The molecule has 6 heteroatoms. The van der Waals surface area contributed by atoms with E-state index in [1.807, 2.05) is 11.0 Å². The van der Waals surface area contributed by atoms with Gasteiger partial charge in [0.2, 0.25) is 0 Å². The van der Waals surface area contributed by atoms with Crippen molar-refractivity contribution in [2.75, 3.05) is 38.5 Å². The molecule has 132 valence electrons. The Morgan fingerprint density at radius 1 is 1.08 bits per heavy atom. The quantitative estimate of drug-likeness (QED) is 0.784. The molecule has 0 aromatic heterocycles. The lowest BCUT2D eigenvalue weighted by atomic mass is 10.1. The Morgan fingerprint density at radius 3 is 2.28 bits per heavy atom. The second kappa shape index (κ2) is 7.65. The molecule has 0 atom stereocenters. The summed E-state index contributed by atoms with van der Waals surface area (Å²) in [5.74, 6) is 0. The molecule has 2 aromatic carbocycles. The van der Waals surface area contributed by atoms with E-state index in [0.717, 1.165) is 37.2 Å². The monoisotopic (exact) mass is 378 g/mol. The summed E-state index contributed by atoms with van der Waals surface area (Å²) in [6.45, 7) is 4.30. The van der Waals surface area contributed by atoms with E-state index < -0.39 is 0 Å². The Labute approximate surface area is 158 Å². The zero-order valence-corrected chi connectivity index (χ0v) is 15.7. The van der Waals surface area contributed by atoms with Crippen molar-refractivity contribution in [1.82, 2.24) is 4.90 Å². The third-order valence-corrected chi connectivity index (χ3v) is 5.06. The smallest absolute Gasteiger partial charge is 0.319 e. The molecule has 0 unspecified atom stereocenters. The maximum atomic E-state index is 12.5. The number of nitrogens with zero attached hydrogens (tertiary/aromatic N) is 2. The van der Waals surface area contributed by atoms with Crippen molar-refractivity contribution in [1.29, 1.82) is 0 Å². The van der Waals surface area contributed by atoms with Gasteiger partial charge in [-0.15, -0.1) is 0 Å². The number of piperazine rings is 1. The maximum absolute atomic E-state index is 12.5. The fraction of sp³-hybridized carbons (Fsp3) is 0.316. The number of nitrogens with one attached hydrogen (secondary N) is 1. The fourth-order valence-electron chi connectivity index (χ4n) is 3.16. The average molecular weight is 379 g/mol. The maximum Gasteiger partial charge on any atom is 0.322 e. The molecule has 0 spiro atoms. The van der Waals surface area contributed by atoms with Gasteiger partial charge in [0.25, 0.3) is 0 Å². The van der Waals surface area contributed by atoms with Gasteiger partial charge in [0.15, 0.2) is 0 Å². The highest BCUT2D eigenvalue weighted by molar-refractivity contribution is 6.35. The lowest BCUT2D eigenvalue weighted by Crippen LogP contribution is -2.58. The van der Waals surface area contributed by atoms with Crippen molar-refractivity contribution >= 4 is 34.9 Å². The third-order valence-electron chi connectivity index (χ3n) is 4.63. The van der Waals surface area contributed by atoms with E-state index in [2.05, 4.69) is 36.6 Å². The molecular weight excluding hydrogens is 357 g/mol. The van der Waals surface area contributed by atoms with Gasteiger partial charge >= 0.3 is 6.03 Å². The number of carbonyl (C=O) groups excluding carboxylic acids is 1. The molecule has 25 heavy (non-hydrogen) atoms. The number of likely N-dealkylation sites (N-methyl/N-ethyl adjacent to an activating group) is 1. The number of amides is 2. The van der Waals surface area contributed by atoms with Crippen molar-refractivity contribution < 1.29 is 9.28 Å². The minimum Gasteiger partial charge on any atom is -0.319 e. The van der Waals surface area contributed by atoms with Gasteiger partial charge in [0.05, 0.1) is 33.2 Å². The molecule has 3 rings (SSSR count). The molecule has 1 aliphatic heterocycles. The van der Waals surface area contributed by atoms with Crippen LogP contribution in [-0.2, 0) is 6.54 Å². The molecule has 2 aromatic rings. The van der Waals surface area contributed by atoms with E-state index in [-0.39, 0.29) is 6.03 Å². The average Bonchev–Trinajstić information content (AvgIpc) is 2.55. The Kier molecular flexibility index (Phi) is 5.52. The number of quaternary nitrogens is 1. The van der Waals surface area contributed by atoms with Crippen molar-refractivity contribution in [2.45, 2.75) is 6.54 Å². The highest BCUT2D eigenvalue weighted by Gasteiger charge is 2.31. The van der Waals surface area contributed by atoms with Crippen LogP contribution in [0.2, 0.25) is 10.0 Å². The van der Waals surface area contributed by atoms with Crippen LogP contribution in [-0.4, -0.2) is 48.6 Å². The molecule has 0 saturated carbocycles. The number of hydrogen-bond donors (Lipinski definition) is 1. The number of benzene rings is 2. The van der Waals surface area contributed by atoms with Gasteiger partial charge < -0.3 is 14.7 Å². The van der Waals surface area contributed by atoms with Crippen LogP contribution in [0.5, 0.6) is 0 Å². The molecule has 0 aliphatic carbocycles. The molecular formula is C19H22Cl2N3O+. The number of urea groups is 1. The van der Waals surface area contributed by atoms with Gasteiger partial charge in [-0.25, -0.2) is 4.79 Å². The second-order valence-corrected chi connectivity index (χ2v) is 7.66. The van der Waals surface area contributed by atoms with E-state index in [0.29, 0.717) is 15.7 Å². The first-order valence-corrected chi connectivity index (χ1v) is 9.09. The van der Waals surface area contributed by atoms with E-state index in [1.54, 1.807) is 18.2 Å². The predicted molar refractivity (Wildman–Crippen MR) is 103 cm³/mol. The summed E-state index contributed by atoms with van der Waals surface area (Å²) in [7, 11) is 2.25. The molecule has 2 amide bonds. The topological polar surface area (TPSA) is 32.3 Å². The Morgan fingerprint density at radius 2 is 1.68 bits per heavy atom. The van der Waals surface area contributed by atoms with Crippen LogP contribution in [0.15, 0.2) is 48.5 Å². The molecule has 1 aliphatic rings. The summed E-state index contributed by atoms with van der Waals surface area (Å²) in [6, 6.07) is 15.4. The summed E-state index contributed by atoms with van der Waals surface area (Å²) < 4.78 is 0.941. The van der Waals surface area contributed by atoms with Gasteiger partial charge in [-0.2, -0.15) is 0 Å². The zero-order chi connectivity index (χ0) is 17.9. The Bertz CT molecular complexity index is 723. The lowest BCUT2D eigenvalue weighted by molar-refractivity contribution is -0.926. The van der Waals surface area contributed by atoms with Gasteiger partial charge in [-0.3, -0.25) is 0 Å². The van der Waals surface area contributed by atoms with E-state index in [1.165, 1.54) is 5.56 Å². The summed E-state index contributed by atoms with van der Waals surface area (Å²) in [4.78, 5) is 14.3. The summed E-state index contributed by atoms with van der Waals surface area (Å²) >= 11 is 12.0. The first-order chi connectivity index (χ1) is 11.9. The molecule has 4 nitrogen and oxygen atoms in total.